The summed E-state index contributed by atoms with van der Waals surface area (Å²) in [6.07, 6.45) is -2.51. The molecule has 0 bridgehead atoms. The van der Waals surface area contributed by atoms with Gasteiger partial charge in [-0.25, -0.2) is 4.39 Å². The molecular weight excluding hydrogens is 284 g/mol. The molecule has 1 saturated heterocycles. The zero-order valence-corrected chi connectivity index (χ0v) is 11.6. The number of benzene rings is 1. The Bertz CT molecular complexity index is 505. The lowest BCUT2D eigenvalue weighted by molar-refractivity contribution is -0.137. The lowest BCUT2D eigenvalue weighted by Crippen LogP contribution is -2.45. The van der Waals surface area contributed by atoms with Gasteiger partial charge in [-0.3, -0.25) is 4.90 Å². The average molecular weight is 302 g/mol. The zero-order valence-electron chi connectivity index (χ0n) is 11.6. The number of piperazine rings is 1. The van der Waals surface area contributed by atoms with Gasteiger partial charge < -0.3 is 5.32 Å². The van der Waals surface area contributed by atoms with E-state index in [0.717, 1.165) is 57.2 Å². The van der Waals surface area contributed by atoms with E-state index in [0.29, 0.717) is 0 Å². The van der Waals surface area contributed by atoms with Gasteiger partial charge in [0.1, 0.15) is 5.82 Å². The Hall–Kier alpha value is -1.14. The SMILES string of the molecule is Fc1ccc(C(F)(F)F)cc1[C@H](C1CC1)N1CCNCC1. The highest BCUT2D eigenvalue weighted by atomic mass is 19.4. The van der Waals surface area contributed by atoms with E-state index < -0.39 is 17.6 Å². The van der Waals surface area contributed by atoms with Crippen molar-refractivity contribution in [1.29, 1.82) is 0 Å². The standard InChI is InChI=1S/C15H18F4N2/c16-13-4-3-11(15(17,18)19)9-12(13)14(10-1-2-10)21-7-5-20-6-8-21/h3-4,9-10,14,20H,1-2,5-8H2/t14-/m0/s1. The van der Waals surface area contributed by atoms with Crippen LogP contribution in [0.4, 0.5) is 17.6 Å². The predicted octanol–water partition coefficient (Wildman–Crippen LogP) is 3.20. The van der Waals surface area contributed by atoms with E-state index in [1.54, 1.807) is 0 Å². The fraction of sp³-hybridized carbons (Fsp3) is 0.600. The molecule has 2 fully saturated rings. The molecule has 1 saturated carbocycles. The smallest absolute Gasteiger partial charge is 0.314 e. The number of halogens is 4. The summed E-state index contributed by atoms with van der Waals surface area (Å²) < 4.78 is 52.8. The van der Waals surface area contributed by atoms with Crippen molar-refractivity contribution in [3.63, 3.8) is 0 Å². The summed E-state index contributed by atoms with van der Waals surface area (Å²) in [7, 11) is 0. The molecule has 1 aliphatic carbocycles. The molecule has 1 N–H and O–H groups in total. The zero-order chi connectivity index (χ0) is 15.0. The second kappa shape index (κ2) is 5.57. The molecule has 2 aliphatic rings. The molecule has 2 nitrogen and oxygen atoms in total. The molecular formula is C15H18F4N2. The van der Waals surface area contributed by atoms with Crippen LogP contribution >= 0.6 is 0 Å². The van der Waals surface area contributed by atoms with Crippen molar-refractivity contribution >= 4 is 0 Å². The van der Waals surface area contributed by atoms with Crippen molar-refractivity contribution in [3.05, 3.63) is 35.1 Å². The van der Waals surface area contributed by atoms with Crippen LogP contribution in [0.2, 0.25) is 0 Å². The molecule has 1 atom stereocenters. The number of alkyl halides is 3. The van der Waals surface area contributed by atoms with Crippen molar-refractivity contribution in [2.45, 2.75) is 25.1 Å². The van der Waals surface area contributed by atoms with E-state index in [9.17, 15) is 17.6 Å². The lowest BCUT2D eigenvalue weighted by atomic mass is 9.97. The molecule has 1 aliphatic heterocycles. The lowest BCUT2D eigenvalue weighted by Gasteiger charge is -2.35. The summed E-state index contributed by atoms with van der Waals surface area (Å²) in [5, 5.41) is 3.22. The van der Waals surface area contributed by atoms with Crippen LogP contribution in [0.15, 0.2) is 18.2 Å². The van der Waals surface area contributed by atoms with Crippen molar-refractivity contribution in [2.75, 3.05) is 26.2 Å². The summed E-state index contributed by atoms with van der Waals surface area (Å²) in [5.41, 5.74) is -0.561. The Morgan fingerprint density at radius 3 is 2.38 bits per heavy atom. The summed E-state index contributed by atoms with van der Waals surface area (Å²) in [5.74, 6) is -0.250. The minimum absolute atomic E-state index is 0.203. The normalized spacial score (nSPS) is 22.3. The molecule has 0 radical (unpaired) electrons. The Morgan fingerprint density at radius 2 is 1.81 bits per heavy atom. The average Bonchev–Trinajstić information content (AvgIpc) is 3.26. The maximum Gasteiger partial charge on any atom is 0.416 e. The van der Waals surface area contributed by atoms with Crippen LogP contribution in [0, 0.1) is 11.7 Å². The van der Waals surface area contributed by atoms with Crippen molar-refractivity contribution in [1.82, 2.24) is 10.2 Å². The first-order valence-electron chi connectivity index (χ1n) is 7.28. The highest BCUT2D eigenvalue weighted by Gasteiger charge is 2.39. The van der Waals surface area contributed by atoms with Gasteiger partial charge in [0.15, 0.2) is 0 Å². The molecule has 21 heavy (non-hydrogen) atoms. The first-order valence-corrected chi connectivity index (χ1v) is 7.28. The van der Waals surface area contributed by atoms with Gasteiger partial charge in [0, 0.05) is 37.8 Å². The third kappa shape index (κ3) is 3.21. The molecule has 0 unspecified atom stereocenters. The molecule has 6 heteroatoms. The monoisotopic (exact) mass is 302 g/mol. The van der Waals surface area contributed by atoms with E-state index in [4.69, 9.17) is 0 Å². The molecule has 3 rings (SSSR count). The van der Waals surface area contributed by atoms with Gasteiger partial charge in [-0.2, -0.15) is 13.2 Å². The van der Waals surface area contributed by atoms with Gasteiger partial charge >= 0.3 is 6.18 Å². The third-order valence-corrected chi connectivity index (χ3v) is 4.26. The largest absolute Gasteiger partial charge is 0.416 e. The van der Waals surface area contributed by atoms with Crippen molar-refractivity contribution in [3.8, 4) is 0 Å². The van der Waals surface area contributed by atoms with Crippen LogP contribution in [-0.2, 0) is 6.18 Å². The molecule has 0 spiro atoms. The first kappa shape index (κ1) is 14.8. The maximum atomic E-state index is 14.1. The summed E-state index contributed by atoms with van der Waals surface area (Å²) >= 11 is 0. The molecule has 0 aromatic heterocycles. The summed E-state index contributed by atoms with van der Waals surface area (Å²) in [6.45, 7) is 3.08. The molecule has 116 valence electrons. The third-order valence-electron chi connectivity index (χ3n) is 4.26. The van der Waals surface area contributed by atoms with E-state index in [1.807, 2.05) is 0 Å². The maximum absolute atomic E-state index is 14.1. The van der Waals surface area contributed by atoms with Gasteiger partial charge in [-0.15, -0.1) is 0 Å². The highest BCUT2D eigenvalue weighted by Crippen LogP contribution is 2.46. The van der Waals surface area contributed by atoms with Crippen LogP contribution in [0.5, 0.6) is 0 Å². The predicted molar refractivity (Wildman–Crippen MR) is 71.3 cm³/mol. The number of hydrogen-bond acceptors (Lipinski definition) is 2. The summed E-state index contributed by atoms with van der Waals surface area (Å²) in [4.78, 5) is 2.12. The van der Waals surface area contributed by atoms with Gasteiger partial charge in [0.05, 0.1) is 5.56 Å². The second-order valence-electron chi connectivity index (χ2n) is 5.80. The topological polar surface area (TPSA) is 15.3 Å². The number of rotatable bonds is 3. The first-order chi connectivity index (χ1) is 9.97. The van der Waals surface area contributed by atoms with Crippen LogP contribution in [0.3, 0.4) is 0 Å². The number of nitrogens with one attached hydrogen (secondary N) is 1. The minimum atomic E-state index is -4.43. The number of nitrogens with zero attached hydrogens (tertiary/aromatic N) is 1. The van der Waals surface area contributed by atoms with Gasteiger partial charge in [0.2, 0.25) is 0 Å². The van der Waals surface area contributed by atoms with Crippen molar-refractivity contribution in [2.24, 2.45) is 5.92 Å². The molecule has 1 aromatic rings. The Balaban J connectivity index is 1.94. The van der Waals surface area contributed by atoms with Gasteiger partial charge in [0.25, 0.3) is 0 Å². The Labute approximate surface area is 121 Å². The van der Waals surface area contributed by atoms with Crippen LogP contribution in [0.1, 0.15) is 30.0 Å². The fourth-order valence-corrected chi connectivity index (χ4v) is 3.07. The highest BCUT2D eigenvalue weighted by molar-refractivity contribution is 5.31. The van der Waals surface area contributed by atoms with Crippen LogP contribution in [-0.4, -0.2) is 31.1 Å². The second-order valence-corrected chi connectivity index (χ2v) is 5.80. The molecule has 1 aromatic carbocycles. The van der Waals surface area contributed by atoms with Gasteiger partial charge in [-0.05, 0) is 37.0 Å². The molecule has 1 heterocycles. The quantitative estimate of drug-likeness (QED) is 0.863. The van der Waals surface area contributed by atoms with E-state index in [1.165, 1.54) is 0 Å². The Kier molecular flexibility index (Phi) is 3.92. The fourth-order valence-electron chi connectivity index (χ4n) is 3.07. The van der Waals surface area contributed by atoms with E-state index in [2.05, 4.69) is 10.2 Å². The van der Waals surface area contributed by atoms with Crippen LogP contribution in [0.25, 0.3) is 0 Å². The van der Waals surface area contributed by atoms with Gasteiger partial charge in [-0.1, -0.05) is 0 Å². The van der Waals surface area contributed by atoms with E-state index >= 15 is 0 Å². The van der Waals surface area contributed by atoms with Crippen molar-refractivity contribution < 1.29 is 17.6 Å². The number of hydrogen-bond donors (Lipinski definition) is 1. The van der Waals surface area contributed by atoms with E-state index in [-0.39, 0.29) is 17.5 Å². The minimum Gasteiger partial charge on any atom is -0.314 e. The Morgan fingerprint density at radius 1 is 1.14 bits per heavy atom. The molecule has 0 amide bonds. The summed E-state index contributed by atoms with van der Waals surface area (Å²) in [6, 6.07) is 2.55. The van der Waals surface area contributed by atoms with Crippen LogP contribution < -0.4 is 5.32 Å².